The summed E-state index contributed by atoms with van der Waals surface area (Å²) in [6.45, 7) is 2.17. The zero-order valence-electron chi connectivity index (χ0n) is 18.7. The molecule has 1 aromatic heterocycles. The van der Waals surface area contributed by atoms with Crippen LogP contribution in [0.3, 0.4) is 0 Å². The fraction of sp³-hybridized carbons (Fsp3) is 0.143. The van der Waals surface area contributed by atoms with E-state index in [1.54, 1.807) is 24.4 Å². The van der Waals surface area contributed by atoms with Crippen molar-refractivity contribution in [2.75, 3.05) is 0 Å². The minimum Gasteiger partial charge on any atom is -0.484 e. The van der Waals surface area contributed by atoms with E-state index < -0.39 is 11.7 Å². The number of nitrogens with two attached hydrogens (primary N) is 1. The molecule has 0 spiro atoms. The first-order chi connectivity index (χ1) is 16.5. The number of halogens is 2. The van der Waals surface area contributed by atoms with Crippen LogP contribution >= 0.6 is 11.6 Å². The molecular weight excluding hydrogens is 451 g/mol. The predicted octanol–water partition coefficient (Wildman–Crippen LogP) is 6.76. The van der Waals surface area contributed by atoms with E-state index in [-0.39, 0.29) is 29.4 Å². The molecule has 4 aromatic rings. The maximum absolute atomic E-state index is 15.8. The van der Waals surface area contributed by atoms with Crippen molar-refractivity contribution in [2.45, 2.75) is 25.9 Å². The minimum atomic E-state index is -0.748. The Bertz CT molecular complexity index is 1300. The van der Waals surface area contributed by atoms with E-state index >= 15 is 4.39 Å². The monoisotopic (exact) mass is 474 g/mol. The number of pyridine rings is 1. The van der Waals surface area contributed by atoms with Crippen LogP contribution in [0.25, 0.3) is 11.1 Å². The quantitative estimate of drug-likeness (QED) is 0.307. The second kappa shape index (κ2) is 10.5. The van der Waals surface area contributed by atoms with Crippen molar-refractivity contribution in [2.24, 2.45) is 5.73 Å². The van der Waals surface area contributed by atoms with E-state index in [0.29, 0.717) is 16.3 Å². The van der Waals surface area contributed by atoms with Crippen LogP contribution in [-0.2, 0) is 6.61 Å². The Hall–Kier alpha value is -3.70. The van der Waals surface area contributed by atoms with E-state index in [1.807, 2.05) is 36.4 Å². The Labute approximate surface area is 203 Å². The molecule has 6 heteroatoms. The van der Waals surface area contributed by atoms with Gasteiger partial charge in [0.2, 0.25) is 5.91 Å². The third kappa shape index (κ3) is 4.95. The van der Waals surface area contributed by atoms with Crippen molar-refractivity contribution in [3.05, 3.63) is 118 Å². The van der Waals surface area contributed by atoms with Crippen molar-refractivity contribution >= 4 is 17.5 Å². The second-order valence-corrected chi connectivity index (χ2v) is 8.29. The van der Waals surface area contributed by atoms with Gasteiger partial charge in [0.05, 0.1) is 11.3 Å². The summed E-state index contributed by atoms with van der Waals surface area (Å²) in [7, 11) is 0. The van der Waals surface area contributed by atoms with Gasteiger partial charge in [0.15, 0.2) is 11.6 Å². The Kier molecular flexibility index (Phi) is 7.24. The van der Waals surface area contributed by atoms with Gasteiger partial charge in [-0.2, -0.15) is 0 Å². The van der Waals surface area contributed by atoms with Crippen LogP contribution < -0.4 is 10.5 Å². The second-order valence-electron chi connectivity index (χ2n) is 7.89. The third-order valence-electron chi connectivity index (χ3n) is 5.75. The summed E-state index contributed by atoms with van der Waals surface area (Å²) in [4.78, 5) is 16.4. The van der Waals surface area contributed by atoms with E-state index in [9.17, 15) is 4.79 Å². The lowest BCUT2D eigenvalue weighted by atomic mass is 9.87. The summed E-state index contributed by atoms with van der Waals surface area (Å²) >= 11 is 6.53. The number of aromatic nitrogens is 1. The molecule has 0 saturated carbocycles. The molecule has 34 heavy (non-hydrogen) atoms. The van der Waals surface area contributed by atoms with Gasteiger partial charge in [-0.25, -0.2) is 4.39 Å². The standard InChI is InChI=1S/C28H24ClFN2O2/c1-2-21(18-8-4-3-5-9-18)19-11-13-24(29)23(16-19)26-22(28(31)33)12-14-25(27(26)30)34-17-20-10-6-7-15-32-20/h3-16,21H,2,17H2,1H3,(H2,31,33). The van der Waals surface area contributed by atoms with Gasteiger partial charge in [-0.15, -0.1) is 0 Å². The van der Waals surface area contributed by atoms with E-state index in [4.69, 9.17) is 22.1 Å². The molecule has 3 aromatic carbocycles. The molecule has 2 N–H and O–H groups in total. The number of carbonyl (C=O) groups excluding carboxylic acids is 1. The zero-order valence-corrected chi connectivity index (χ0v) is 19.4. The van der Waals surface area contributed by atoms with E-state index in [1.165, 1.54) is 12.1 Å². The minimum absolute atomic E-state index is 0.0118. The Morgan fingerprint density at radius 3 is 2.47 bits per heavy atom. The van der Waals surface area contributed by atoms with Crippen LogP contribution in [0.15, 0.2) is 85.1 Å². The van der Waals surface area contributed by atoms with Crippen LogP contribution in [0.4, 0.5) is 4.39 Å². The number of carbonyl (C=O) groups is 1. The Morgan fingerprint density at radius 2 is 1.79 bits per heavy atom. The highest BCUT2D eigenvalue weighted by Gasteiger charge is 2.23. The largest absolute Gasteiger partial charge is 0.484 e. The molecule has 1 heterocycles. The van der Waals surface area contributed by atoms with Gasteiger partial charge >= 0.3 is 0 Å². The zero-order chi connectivity index (χ0) is 24.1. The van der Waals surface area contributed by atoms with Crippen LogP contribution in [0.5, 0.6) is 5.75 Å². The number of benzene rings is 3. The van der Waals surface area contributed by atoms with Gasteiger partial charge in [-0.3, -0.25) is 9.78 Å². The maximum atomic E-state index is 15.8. The molecule has 0 aliphatic heterocycles. The summed E-state index contributed by atoms with van der Waals surface area (Å²) < 4.78 is 21.5. The third-order valence-corrected chi connectivity index (χ3v) is 6.08. The van der Waals surface area contributed by atoms with Crippen LogP contribution in [-0.4, -0.2) is 10.9 Å². The summed E-state index contributed by atoms with van der Waals surface area (Å²) in [6, 6.07) is 23.8. The topological polar surface area (TPSA) is 65.2 Å². The lowest BCUT2D eigenvalue weighted by Gasteiger charge is -2.19. The fourth-order valence-electron chi connectivity index (χ4n) is 4.07. The van der Waals surface area contributed by atoms with Gasteiger partial charge in [0.25, 0.3) is 0 Å². The summed E-state index contributed by atoms with van der Waals surface area (Å²) in [5.74, 6) is -1.37. The Balaban J connectivity index is 1.79. The van der Waals surface area contributed by atoms with Crippen LogP contribution in [0.2, 0.25) is 5.02 Å². The first kappa shape index (κ1) is 23.5. The molecule has 4 nitrogen and oxygen atoms in total. The van der Waals surface area contributed by atoms with Gasteiger partial charge < -0.3 is 10.5 Å². The van der Waals surface area contributed by atoms with Gasteiger partial charge in [-0.1, -0.05) is 61.0 Å². The van der Waals surface area contributed by atoms with E-state index in [2.05, 4.69) is 24.0 Å². The first-order valence-electron chi connectivity index (χ1n) is 11.0. The highest BCUT2D eigenvalue weighted by Crippen LogP contribution is 2.39. The lowest BCUT2D eigenvalue weighted by Crippen LogP contribution is -2.14. The fourth-order valence-corrected chi connectivity index (χ4v) is 4.28. The van der Waals surface area contributed by atoms with Gasteiger partial charge in [0.1, 0.15) is 6.61 Å². The molecule has 0 aliphatic carbocycles. The highest BCUT2D eigenvalue weighted by atomic mass is 35.5. The normalized spacial score (nSPS) is 11.7. The average molecular weight is 475 g/mol. The molecular formula is C28H24ClFN2O2. The average Bonchev–Trinajstić information content (AvgIpc) is 2.86. The number of primary amides is 1. The van der Waals surface area contributed by atoms with Gasteiger partial charge in [-0.05, 0) is 53.9 Å². The Morgan fingerprint density at radius 1 is 1.03 bits per heavy atom. The molecule has 4 rings (SSSR count). The van der Waals surface area contributed by atoms with Crippen molar-refractivity contribution in [3.63, 3.8) is 0 Å². The number of amides is 1. The molecule has 1 amide bonds. The molecule has 172 valence electrons. The number of nitrogens with zero attached hydrogens (tertiary/aromatic N) is 1. The van der Waals surface area contributed by atoms with Crippen molar-refractivity contribution in [1.29, 1.82) is 0 Å². The van der Waals surface area contributed by atoms with Crippen molar-refractivity contribution < 1.29 is 13.9 Å². The molecule has 0 saturated heterocycles. The molecule has 0 bridgehead atoms. The lowest BCUT2D eigenvalue weighted by molar-refractivity contribution is 0.100. The highest BCUT2D eigenvalue weighted by molar-refractivity contribution is 6.33. The molecule has 1 atom stereocenters. The summed E-state index contributed by atoms with van der Waals surface area (Å²) in [6.07, 6.45) is 2.47. The smallest absolute Gasteiger partial charge is 0.249 e. The maximum Gasteiger partial charge on any atom is 0.249 e. The van der Waals surface area contributed by atoms with E-state index in [0.717, 1.165) is 17.5 Å². The van der Waals surface area contributed by atoms with Crippen molar-refractivity contribution in [1.82, 2.24) is 4.98 Å². The number of hydrogen-bond acceptors (Lipinski definition) is 3. The SMILES string of the molecule is CCC(c1ccccc1)c1ccc(Cl)c(-c2c(C(N)=O)ccc(OCc3ccccn3)c2F)c1. The van der Waals surface area contributed by atoms with Crippen LogP contribution in [0.1, 0.15) is 46.4 Å². The molecule has 1 unspecified atom stereocenters. The summed E-state index contributed by atoms with van der Waals surface area (Å²) in [5, 5.41) is 0.315. The van der Waals surface area contributed by atoms with Gasteiger partial charge in [0, 0.05) is 28.3 Å². The number of rotatable bonds is 8. The van der Waals surface area contributed by atoms with Crippen molar-refractivity contribution in [3.8, 4) is 16.9 Å². The van der Waals surface area contributed by atoms with Crippen LogP contribution in [0, 0.1) is 5.82 Å². The first-order valence-corrected chi connectivity index (χ1v) is 11.4. The number of ether oxygens (including phenoxy) is 1. The number of hydrogen-bond donors (Lipinski definition) is 1. The predicted molar refractivity (Wildman–Crippen MR) is 133 cm³/mol. The molecule has 0 radical (unpaired) electrons. The molecule has 0 fully saturated rings. The molecule has 0 aliphatic rings. The summed E-state index contributed by atoms with van der Waals surface area (Å²) in [5.41, 5.74) is 8.81.